The molecule has 8 heteroatoms. The number of hydrogen-bond acceptors (Lipinski definition) is 4. The van der Waals surface area contributed by atoms with Gasteiger partial charge in [0.2, 0.25) is 0 Å². The van der Waals surface area contributed by atoms with Crippen LogP contribution in [0.25, 0.3) is 0 Å². The van der Waals surface area contributed by atoms with Gasteiger partial charge in [0.1, 0.15) is 0 Å². The topological polar surface area (TPSA) is 82.8 Å². The summed E-state index contributed by atoms with van der Waals surface area (Å²) in [7, 11) is 0. The Balaban J connectivity index is 0.00000364. The molecule has 1 saturated heterocycles. The van der Waals surface area contributed by atoms with Gasteiger partial charge in [-0.2, -0.15) is 0 Å². The van der Waals surface area contributed by atoms with E-state index in [0.717, 1.165) is 37.7 Å². The standard InChI is InChI=1S/C19H31N5O2.HI/c1-4-20-18(21-14-16-9-8-10-17(13-16)24(25)26)22-15-19(2,3)23-11-6-5-7-12-23;/h8-10,13H,4-7,11-12,14-15H2,1-3H3,(H2,20,21,22);1H. The first kappa shape index (κ1) is 23.6. The third-order valence-corrected chi connectivity index (χ3v) is 4.79. The highest BCUT2D eigenvalue weighted by atomic mass is 127. The van der Waals surface area contributed by atoms with E-state index in [0.29, 0.717) is 6.54 Å². The van der Waals surface area contributed by atoms with Crippen molar-refractivity contribution in [3.63, 3.8) is 0 Å². The van der Waals surface area contributed by atoms with E-state index in [4.69, 9.17) is 0 Å². The van der Waals surface area contributed by atoms with E-state index < -0.39 is 0 Å². The summed E-state index contributed by atoms with van der Waals surface area (Å²) in [6.07, 6.45) is 3.86. The summed E-state index contributed by atoms with van der Waals surface area (Å²) in [6.45, 7) is 10.8. The summed E-state index contributed by atoms with van der Waals surface area (Å²) in [5, 5.41) is 17.6. The minimum atomic E-state index is -0.377. The van der Waals surface area contributed by atoms with E-state index in [9.17, 15) is 10.1 Å². The van der Waals surface area contributed by atoms with E-state index in [-0.39, 0.29) is 40.1 Å². The second kappa shape index (κ2) is 11.4. The fourth-order valence-electron chi connectivity index (χ4n) is 3.19. The molecule has 0 atom stereocenters. The number of benzene rings is 1. The highest BCUT2D eigenvalue weighted by Gasteiger charge is 2.27. The van der Waals surface area contributed by atoms with Crippen molar-refractivity contribution in [2.45, 2.75) is 52.1 Å². The lowest BCUT2D eigenvalue weighted by Crippen LogP contribution is -2.54. The van der Waals surface area contributed by atoms with Crippen LogP contribution in [0.1, 0.15) is 45.6 Å². The van der Waals surface area contributed by atoms with Gasteiger partial charge in [-0.3, -0.25) is 15.0 Å². The summed E-state index contributed by atoms with van der Waals surface area (Å²) >= 11 is 0. The number of aliphatic imine (C=N–C) groups is 1. The SMILES string of the molecule is CCNC(=NCc1cccc([N+](=O)[O-])c1)NCC(C)(C)N1CCCCC1.I. The molecule has 1 aromatic rings. The predicted molar refractivity (Wildman–Crippen MR) is 121 cm³/mol. The van der Waals surface area contributed by atoms with Crippen LogP contribution < -0.4 is 10.6 Å². The Labute approximate surface area is 179 Å². The Morgan fingerprint density at radius 3 is 2.59 bits per heavy atom. The van der Waals surface area contributed by atoms with Crippen molar-refractivity contribution in [2.24, 2.45) is 4.99 Å². The van der Waals surface area contributed by atoms with E-state index in [1.54, 1.807) is 12.1 Å². The number of hydrogen-bond donors (Lipinski definition) is 2. The molecule has 7 nitrogen and oxygen atoms in total. The molecular weight excluding hydrogens is 457 g/mol. The van der Waals surface area contributed by atoms with Gasteiger partial charge in [0.15, 0.2) is 5.96 Å². The van der Waals surface area contributed by atoms with Crippen molar-refractivity contribution in [1.29, 1.82) is 0 Å². The van der Waals surface area contributed by atoms with Crippen LogP contribution in [0.5, 0.6) is 0 Å². The second-order valence-electron chi connectivity index (χ2n) is 7.34. The van der Waals surface area contributed by atoms with Gasteiger partial charge in [0.25, 0.3) is 5.69 Å². The monoisotopic (exact) mass is 489 g/mol. The molecule has 0 bridgehead atoms. The normalized spacial score (nSPS) is 15.7. The average Bonchev–Trinajstić information content (AvgIpc) is 2.65. The van der Waals surface area contributed by atoms with Gasteiger partial charge in [-0.15, -0.1) is 24.0 Å². The van der Waals surface area contributed by atoms with Crippen molar-refractivity contribution >= 4 is 35.6 Å². The van der Waals surface area contributed by atoms with E-state index in [2.05, 4.69) is 34.4 Å². The number of guanidine groups is 1. The fraction of sp³-hybridized carbons (Fsp3) is 0.632. The van der Waals surface area contributed by atoms with Crippen molar-refractivity contribution in [1.82, 2.24) is 15.5 Å². The number of rotatable bonds is 7. The number of non-ortho nitro benzene ring substituents is 1. The first-order valence-electron chi connectivity index (χ1n) is 9.43. The van der Waals surface area contributed by atoms with Gasteiger partial charge in [0.05, 0.1) is 11.5 Å². The third kappa shape index (κ3) is 7.61. The van der Waals surface area contributed by atoms with Gasteiger partial charge >= 0.3 is 0 Å². The zero-order chi connectivity index (χ0) is 19.0. The van der Waals surface area contributed by atoms with Crippen LogP contribution in [0.3, 0.4) is 0 Å². The molecular formula is C19H32IN5O2. The van der Waals surface area contributed by atoms with Crippen LogP contribution >= 0.6 is 24.0 Å². The highest BCUT2D eigenvalue weighted by molar-refractivity contribution is 14.0. The molecule has 1 fully saturated rings. The average molecular weight is 489 g/mol. The molecule has 2 N–H and O–H groups in total. The summed E-state index contributed by atoms with van der Waals surface area (Å²) in [5.74, 6) is 0.740. The zero-order valence-electron chi connectivity index (χ0n) is 16.5. The van der Waals surface area contributed by atoms with Crippen LogP contribution in [0.15, 0.2) is 29.3 Å². The third-order valence-electron chi connectivity index (χ3n) is 4.79. The Morgan fingerprint density at radius 2 is 1.96 bits per heavy atom. The molecule has 1 heterocycles. The zero-order valence-corrected chi connectivity index (χ0v) is 18.9. The summed E-state index contributed by atoms with van der Waals surface area (Å²) < 4.78 is 0. The summed E-state index contributed by atoms with van der Waals surface area (Å²) in [6, 6.07) is 6.63. The highest BCUT2D eigenvalue weighted by Crippen LogP contribution is 2.19. The lowest BCUT2D eigenvalue weighted by atomic mass is 9.98. The maximum absolute atomic E-state index is 10.9. The number of nitrogens with zero attached hydrogens (tertiary/aromatic N) is 3. The van der Waals surface area contributed by atoms with E-state index in [1.165, 1.54) is 25.3 Å². The maximum Gasteiger partial charge on any atom is 0.269 e. The molecule has 0 spiro atoms. The maximum atomic E-state index is 10.9. The van der Waals surface area contributed by atoms with Crippen molar-refractivity contribution in [3.05, 3.63) is 39.9 Å². The Hall–Kier alpha value is -1.42. The van der Waals surface area contributed by atoms with Gasteiger partial charge < -0.3 is 10.6 Å². The van der Waals surface area contributed by atoms with E-state index >= 15 is 0 Å². The molecule has 1 aromatic carbocycles. The molecule has 1 aliphatic rings. The van der Waals surface area contributed by atoms with Crippen molar-refractivity contribution in [3.8, 4) is 0 Å². The number of halogens is 1. The van der Waals surface area contributed by atoms with Crippen LogP contribution in [-0.2, 0) is 6.54 Å². The molecule has 0 amide bonds. The Bertz CT molecular complexity index is 630. The van der Waals surface area contributed by atoms with Crippen LogP contribution in [-0.4, -0.2) is 47.5 Å². The first-order chi connectivity index (χ1) is 12.4. The molecule has 0 aliphatic carbocycles. The van der Waals surface area contributed by atoms with Crippen LogP contribution in [0.4, 0.5) is 5.69 Å². The quantitative estimate of drug-likeness (QED) is 0.201. The molecule has 152 valence electrons. The number of likely N-dealkylation sites (tertiary alicyclic amines) is 1. The largest absolute Gasteiger partial charge is 0.357 e. The molecule has 0 unspecified atom stereocenters. The molecule has 0 saturated carbocycles. The lowest BCUT2D eigenvalue weighted by molar-refractivity contribution is -0.384. The predicted octanol–water partition coefficient (Wildman–Crippen LogP) is 3.53. The minimum Gasteiger partial charge on any atom is -0.357 e. The Kier molecular flexibility index (Phi) is 10.00. The molecule has 1 aliphatic heterocycles. The number of nitro benzene ring substituents is 1. The van der Waals surface area contributed by atoms with Gasteiger partial charge in [0, 0.05) is 30.8 Å². The Morgan fingerprint density at radius 1 is 1.26 bits per heavy atom. The lowest BCUT2D eigenvalue weighted by Gasteiger charge is -2.41. The number of nitrogens with one attached hydrogen (secondary N) is 2. The smallest absolute Gasteiger partial charge is 0.269 e. The molecule has 27 heavy (non-hydrogen) atoms. The van der Waals surface area contributed by atoms with Gasteiger partial charge in [-0.1, -0.05) is 18.6 Å². The summed E-state index contributed by atoms with van der Waals surface area (Å²) in [5.41, 5.74) is 0.982. The molecule has 0 aromatic heterocycles. The first-order valence-corrected chi connectivity index (χ1v) is 9.43. The molecule has 2 rings (SSSR count). The van der Waals surface area contributed by atoms with Gasteiger partial charge in [-0.25, -0.2) is 4.99 Å². The van der Waals surface area contributed by atoms with Crippen LogP contribution in [0.2, 0.25) is 0 Å². The number of nitro groups is 1. The van der Waals surface area contributed by atoms with E-state index in [1.807, 2.05) is 13.0 Å². The van der Waals surface area contributed by atoms with Crippen molar-refractivity contribution in [2.75, 3.05) is 26.2 Å². The van der Waals surface area contributed by atoms with Crippen LogP contribution in [0, 0.1) is 10.1 Å². The minimum absolute atomic E-state index is 0. The fourth-order valence-corrected chi connectivity index (χ4v) is 3.19. The molecule has 0 radical (unpaired) electrons. The number of piperidine rings is 1. The van der Waals surface area contributed by atoms with Crippen molar-refractivity contribution < 1.29 is 4.92 Å². The second-order valence-corrected chi connectivity index (χ2v) is 7.34. The summed E-state index contributed by atoms with van der Waals surface area (Å²) in [4.78, 5) is 17.6. The van der Waals surface area contributed by atoms with Gasteiger partial charge in [-0.05, 0) is 52.3 Å².